The van der Waals surface area contributed by atoms with Gasteiger partial charge >= 0.3 is 18.0 Å². The Bertz CT molecular complexity index is 1010. The van der Waals surface area contributed by atoms with E-state index in [1.54, 1.807) is 0 Å². The number of nitrogens with one attached hydrogen (secondary N) is 1. The predicted octanol–water partition coefficient (Wildman–Crippen LogP) is 2.28. The topological polar surface area (TPSA) is 137 Å². The summed E-state index contributed by atoms with van der Waals surface area (Å²) in [6.45, 7) is -0.761. The molecule has 2 heterocycles. The lowest BCUT2D eigenvalue weighted by Crippen LogP contribution is -2.35. The van der Waals surface area contributed by atoms with Gasteiger partial charge in [0.15, 0.2) is 0 Å². The first-order chi connectivity index (χ1) is 12.8. The van der Waals surface area contributed by atoms with Gasteiger partial charge < -0.3 is 19.9 Å². The summed E-state index contributed by atoms with van der Waals surface area (Å²) in [7, 11) is 0. The van der Waals surface area contributed by atoms with Crippen molar-refractivity contribution < 1.29 is 33.8 Å². The maximum atomic E-state index is 12.1. The fraction of sp³-hybridized carbons (Fsp3) is 0.0588. The Morgan fingerprint density at radius 3 is 2.59 bits per heavy atom. The van der Waals surface area contributed by atoms with Crippen LogP contribution in [0.2, 0.25) is 5.02 Å². The molecule has 1 aromatic heterocycles. The fourth-order valence-corrected chi connectivity index (χ4v) is 2.63. The van der Waals surface area contributed by atoms with Crippen LogP contribution < -0.4 is 5.32 Å². The average Bonchev–Trinajstić information content (AvgIpc) is 3.15. The lowest BCUT2D eigenvalue weighted by Gasteiger charge is -2.06. The van der Waals surface area contributed by atoms with Crippen molar-refractivity contribution in [1.29, 1.82) is 0 Å². The number of rotatable bonds is 5. The number of carbonyl (C=O) groups excluding carboxylic acids is 2. The first-order valence-corrected chi connectivity index (χ1v) is 7.83. The van der Waals surface area contributed by atoms with Crippen molar-refractivity contribution in [1.82, 2.24) is 10.2 Å². The van der Waals surface area contributed by atoms with Gasteiger partial charge in [0, 0.05) is 11.6 Å². The smallest absolute Gasteiger partial charge is 0.335 e. The maximum absolute atomic E-state index is 12.1. The number of urea groups is 1. The summed E-state index contributed by atoms with van der Waals surface area (Å²) in [5.74, 6) is -2.81. The van der Waals surface area contributed by atoms with Gasteiger partial charge in [0.2, 0.25) is 0 Å². The SMILES string of the molecule is O=C(O)CN1C(=O)NC(=Cc2ccc(-c3cc(C(=O)O)ccc3Cl)o2)C1=O. The van der Waals surface area contributed by atoms with Gasteiger partial charge in [-0.3, -0.25) is 9.59 Å². The summed E-state index contributed by atoms with van der Waals surface area (Å²) in [5.41, 5.74) is 0.219. The molecule has 0 unspecified atom stereocenters. The van der Waals surface area contributed by atoms with Crippen LogP contribution in [0.15, 0.2) is 40.4 Å². The highest BCUT2D eigenvalue weighted by Gasteiger charge is 2.35. The molecule has 1 fully saturated rings. The quantitative estimate of drug-likeness (QED) is 0.526. The molecule has 0 aliphatic carbocycles. The van der Waals surface area contributed by atoms with E-state index in [1.165, 1.54) is 36.4 Å². The molecule has 0 bridgehead atoms. The van der Waals surface area contributed by atoms with Gasteiger partial charge in [-0.25, -0.2) is 14.5 Å². The number of hydrogen-bond acceptors (Lipinski definition) is 5. The maximum Gasteiger partial charge on any atom is 0.335 e. The number of hydrogen-bond donors (Lipinski definition) is 3. The zero-order valence-corrected chi connectivity index (χ0v) is 14.2. The Morgan fingerprint density at radius 1 is 1.19 bits per heavy atom. The zero-order valence-electron chi connectivity index (χ0n) is 13.4. The molecular formula is C17H11ClN2O7. The van der Waals surface area contributed by atoms with Crippen molar-refractivity contribution in [3.8, 4) is 11.3 Å². The van der Waals surface area contributed by atoms with E-state index in [0.29, 0.717) is 10.5 Å². The molecule has 3 amide bonds. The number of aromatic carboxylic acids is 1. The van der Waals surface area contributed by atoms with Crippen LogP contribution in [-0.2, 0) is 9.59 Å². The third-order valence-corrected chi connectivity index (χ3v) is 3.98. The Morgan fingerprint density at radius 2 is 1.93 bits per heavy atom. The molecule has 0 spiro atoms. The molecule has 138 valence electrons. The number of carbonyl (C=O) groups is 4. The fourth-order valence-electron chi connectivity index (χ4n) is 2.42. The molecule has 1 aliphatic rings. The monoisotopic (exact) mass is 390 g/mol. The van der Waals surface area contributed by atoms with Gasteiger partial charge in [0.25, 0.3) is 5.91 Å². The molecule has 1 aromatic carbocycles. The minimum Gasteiger partial charge on any atom is -0.480 e. The van der Waals surface area contributed by atoms with Gasteiger partial charge in [0.1, 0.15) is 23.8 Å². The lowest BCUT2D eigenvalue weighted by atomic mass is 10.1. The molecule has 1 aliphatic heterocycles. The van der Waals surface area contributed by atoms with E-state index in [0.717, 1.165) is 0 Å². The minimum absolute atomic E-state index is 0.0215. The van der Waals surface area contributed by atoms with Gasteiger partial charge in [-0.05, 0) is 30.3 Å². The van der Waals surface area contributed by atoms with Gasteiger partial charge in [-0.2, -0.15) is 0 Å². The number of amides is 3. The Kier molecular flexibility index (Phi) is 4.70. The van der Waals surface area contributed by atoms with Gasteiger partial charge in [-0.15, -0.1) is 0 Å². The number of aliphatic carboxylic acids is 1. The van der Waals surface area contributed by atoms with Gasteiger partial charge in [-0.1, -0.05) is 11.6 Å². The van der Waals surface area contributed by atoms with Crippen molar-refractivity contribution in [2.45, 2.75) is 0 Å². The number of benzene rings is 1. The van der Waals surface area contributed by atoms with Crippen molar-refractivity contribution in [2.75, 3.05) is 6.54 Å². The van der Waals surface area contributed by atoms with E-state index in [4.69, 9.17) is 26.2 Å². The zero-order chi connectivity index (χ0) is 19.7. The largest absolute Gasteiger partial charge is 0.480 e. The Labute approximate surface area is 156 Å². The number of nitrogens with zero attached hydrogens (tertiary/aromatic N) is 1. The molecule has 1 saturated heterocycles. The van der Waals surface area contributed by atoms with Crippen LogP contribution in [0.4, 0.5) is 4.79 Å². The minimum atomic E-state index is -1.33. The van der Waals surface area contributed by atoms with Crippen molar-refractivity contribution >= 4 is 41.6 Å². The van der Waals surface area contributed by atoms with Crippen LogP contribution in [0.25, 0.3) is 17.4 Å². The van der Waals surface area contributed by atoms with E-state index in [9.17, 15) is 19.2 Å². The van der Waals surface area contributed by atoms with Crippen LogP contribution in [-0.4, -0.2) is 45.5 Å². The predicted molar refractivity (Wildman–Crippen MR) is 92.0 cm³/mol. The van der Waals surface area contributed by atoms with E-state index in [-0.39, 0.29) is 27.8 Å². The van der Waals surface area contributed by atoms with E-state index < -0.39 is 30.4 Å². The Balaban J connectivity index is 1.89. The lowest BCUT2D eigenvalue weighted by molar-refractivity contribution is -0.140. The van der Waals surface area contributed by atoms with Crippen molar-refractivity contribution in [3.05, 3.63) is 52.4 Å². The molecule has 0 radical (unpaired) electrons. The van der Waals surface area contributed by atoms with Crippen molar-refractivity contribution in [3.63, 3.8) is 0 Å². The van der Waals surface area contributed by atoms with E-state index >= 15 is 0 Å². The second-order valence-corrected chi connectivity index (χ2v) is 5.88. The standard InChI is InChI=1S/C17H11ClN2O7/c18-11-3-1-8(16(24)25)5-10(11)13-4-2-9(27-13)6-12-15(23)20(7-14(21)22)17(26)19-12/h1-6H,7H2,(H,19,26)(H,21,22)(H,24,25). The van der Waals surface area contributed by atoms with E-state index in [2.05, 4.69) is 5.32 Å². The summed E-state index contributed by atoms with van der Waals surface area (Å²) >= 11 is 6.08. The molecule has 0 atom stereocenters. The molecule has 0 saturated carbocycles. The third kappa shape index (κ3) is 3.67. The van der Waals surface area contributed by atoms with Crippen LogP contribution in [0, 0.1) is 0 Å². The normalized spacial score (nSPS) is 15.3. The molecule has 27 heavy (non-hydrogen) atoms. The molecule has 3 N–H and O–H groups in total. The highest BCUT2D eigenvalue weighted by Crippen LogP contribution is 2.31. The summed E-state index contributed by atoms with van der Waals surface area (Å²) in [5, 5.41) is 20.3. The first-order valence-electron chi connectivity index (χ1n) is 7.45. The summed E-state index contributed by atoms with van der Waals surface area (Å²) in [6.07, 6.45) is 1.24. The van der Waals surface area contributed by atoms with Crippen LogP contribution in [0.5, 0.6) is 0 Å². The van der Waals surface area contributed by atoms with Crippen LogP contribution in [0.1, 0.15) is 16.1 Å². The molecule has 2 aromatic rings. The molecular weight excluding hydrogens is 380 g/mol. The molecule has 3 rings (SSSR count). The highest BCUT2D eigenvalue weighted by atomic mass is 35.5. The van der Waals surface area contributed by atoms with Crippen molar-refractivity contribution in [2.24, 2.45) is 0 Å². The van der Waals surface area contributed by atoms with E-state index in [1.807, 2.05) is 0 Å². The molecule has 10 heteroatoms. The Hall–Kier alpha value is -3.59. The van der Waals surface area contributed by atoms with Crippen LogP contribution >= 0.6 is 11.6 Å². The number of imide groups is 1. The second-order valence-electron chi connectivity index (χ2n) is 5.47. The average molecular weight is 391 g/mol. The third-order valence-electron chi connectivity index (χ3n) is 3.65. The summed E-state index contributed by atoms with van der Waals surface area (Å²) < 4.78 is 5.55. The summed E-state index contributed by atoms with van der Waals surface area (Å²) in [6, 6.07) is 6.28. The van der Waals surface area contributed by atoms with Crippen LogP contribution in [0.3, 0.4) is 0 Å². The number of carboxylic acid groups (broad SMARTS) is 2. The highest BCUT2D eigenvalue weighted by molar-refractivity contribution is 6.33. The molecule has 9 nitrogen and oxygen atoms in total. The first kappa shape index (κ1) is 18.2. The number of halogens is 1. The van der Waals surface area contributed by atoms with Gasteiger partial charge in [0.05, 0.1) is 10.6 Å². The second kappa shape index (κ2) is 6.96. The number of carboxylic acids is 2. The number of furan rings is 1. The summed E-state index contributed by atoms with van der Waals surface area (Å²) in [4.78, 5) is 46.1.